The molecule has 3 aromatic rings. The molecule has 0 aliphatic carbocycles. The Balaban J connectivity index is 1.63. The van der Waals surface area contributed by atoms with Crippen LogP contribution in [0.2, 0.25) is 0 Å². The highest BCUT2D eigenvalue weighted by molar-refractivity contribution is 7.86. The van der Waals surface area contributed by atoms with E-state index in [1.807, 2.05) is 0 Å². The smallest absolute Gasteiger partial charge is 0.390 e. The first kappa shape index (κ1) is 20.7. The second-order valence-corrected chi connectivity index (χ2v) is 9.32. The Morgan fingerprint density at radius 3 is 2.70 bits per heavy atom. The minimum Gasteiger partial charge on any atom is -0.423 e. The van der Waals surface area contributed by atoms with Crippen molar-refractivity contribution >= 4 is 28.0 Å². The Hall–Kier alpha value is -2.60. The predicted molar refractivity (Wildman–Crippen MR) is 105 cm³/mol. The molecule has 0 saturated heterocycles. The summed E-state index contributed by atoms with van der Waals surface area (Å²) in [6, 6.07) is 7.44. The Labute approximate surface area is 174 Å². The van der Waals surface area contributed by atoms with Crippen LogP contribution in [0.1, 0.15) is 17.3 Å². The van der Waals surface area contributed by atoms with Gasteiger partial charge in [0.05, 0.1) is 17.1 Å². The zero-order chi connectivity index (χ0) is 21.5. The molecule has 4 rings (SSSR count). The van der Waals surface area contributed by atoms with Gasteiger partial charge in [-0.25, -0.2) is 4.39 Å². The number of nitrogens with two attached hydrogens (primary N) is 1. The molecular weight excluding hydrogens is 444 g/mol. The summed E-state index contributed by atoms with van der Waals surface area (Å²) in [5.74, 6) is -0.856. The topological polar surface area (TPSA) is 94.4 Å². The van der Waals surface area contributed by atoms with Gasteiger partial charge in [-0.2, -0.15) is 13.2 Å². The molecule has 0 saturated carbocycles. The fourth-order valence-corrected chi connectivity index (χ4v) is 5.77. The van der Waals surface area contributed by atoms with E-state index >= 15 is 0 Å². The van der Waals surface area contributed by atoms with Crippen molar-refractivity contribution in [1.82, 2.24) is 10.2 Å². The summed E-state index contributed by atoms with van der Waals surface area (Å²) in [4.78, 5) is 4.78. The van der Waals surface area contributed by atoms with Crippen molar-refractivity contribution in [2.24, 2.45) is 10.7 Å². The summed E-state index contributed by atoms with van der Waals surface area (Å²) in [6.45, 7) is 0. The van der Waals surface area contributed by atoms with E-state index in [-0.39, 0.29) is 16.5 Å². The van der Waals surface area contributed by atoms with Crippen LogP contribution in [0.4, 0.5) is 17.6 Å². The van der Waals surface area contributed by atoms with E-state index in [0.717, 1.165) is 11.3 Å². The van der Waals surface area contributed by atoms with E-state index in [2.05, 4.69) is 15.2 Å². The number of thiophene rings is 1. The summed E-state index contributed by atoms with van der Waals surface area (Å²) in [7, 11) is -1.92. The van der Waals surface area contributed by atoms with Crippen LogP contribution in [0.25, 0.3) is 21.9 Å². The van der Waals surface area contributed by atoms with Gasteiger partial charge >= 0.3 is 6.18 Å². The third-order valence-corrected chi connectivity index (χ3v) is 7.41. The van der Waals surface area contributed by atoms with Gasteiger partial charge in [0.15, 0.2) is 0 Å². The zero-order valence-corrected chi connectivity index (χ0v) is 16.7. The number of hydrogen-bond acceptors (Lipinski definition) is 7. The van der Waals surface area contributed by atoms with Gasteiger partial charge in [-0.1, -0.05) is 12.1 Å². The first-order valence-corrected chi connectivity index (χ1v) is 10.8. The van der Waals surface area contributed by atoms with Crippen LogP contribution in [-0.4, -0.2) is 37.4 Å². The minimum absolute atomic E-state index is 0.176. The summed E-state index contributed by atoms with van der Waals surface area (Å²) in [6.07, 6.45) is -4.64. The number of nitrogens with zero attached hydrogens (tertiary/aromatic N) is 3. The molecule has 12 heteroatoms. The fraction of sp³-hybridized carbons (Fsp3) is 0.278. The molecule has 3 unspecified atom stereocenters. The maximum absolute atomic E-state index is 14.7. The molecular formula is C18H14F4N4O2S2. The van der Waals surface area contributed by atoms with Crippen molar-refractivity contribution in [3.05, 3.63) is 47.4 Å². The van der Waals surface area contributed by atoms with Crippen LogP contribution in [-0.2, 0) is 10.8 Å². The van der Waals surface area contributed by atoms with Gasteiger partial charge in [0, 0.05) is 21.2 Å². The van der Waals surface area contributed by atoms with Crippen molar-refractivity contribution in [3.63, 3.8) is 0 Å². The van der Waals surface area contributed by atoms with Gasteiger partial charge < -0.3 is 10.2 Å². The van der Waals surface area contributed by atoms with Gasteiger partial charge in [0.25, 0.3) is 0 Å². The molecule has 158 valence electrons. The molecule has 0 amide bonds. The van der Waals surface area contributed by atoms with Gasteiger partial charge in [-0.15, -0.1) is 21.5 Å². The van der Waals surface area contributed by atoms with Gasteiger partial charge in [0.2, 0.25) is 12.3 Å². The van der Waals surface area contributed by atoms with Crippen molar-refractivity contribution in [2.45, 2.75) is 23.9 Å². The molecule has 1 aliphatic rings. The number of amidine groups is 1. The molecule has 2 N–H and O–H groups in total. The molecule has 0 fully saturated rings. The number of alkyl halides is 3. The molecule has 3 atom stereocenters. The normalized spacial score (nSPS) is 22.1. The standard InChI is InChI=1S/C18H14F4N4O2S2/c19-11-5-13(9-2-1-3-10(4-9)17-26-24-8-28-17)29-15(11)12-7-30(27)14(16(23)25-12)6-18(20,21)22/h1-5,8,12,14H,6-7H2,(H2,23,25). The fourth-order valence-electron chi connectivity index (χ4n) is 3.11. The molecule has 1 aromatic carbocycles. The lowest BCUT2D eigenvalue weighted by Crippen LogP contribution is -2.42. The number of hydrogen-bond donors (Lipinski definition) is 1. The van der Waals surface area contributed by atoms with E-state index in [1.165, 1.54) is 12.5 Å². The molecule has 3 heterocycles. The number of halogens is 4. The monoisotopic (exact) mass is 458 g/mol. The highest BCUT2D eigenvalue weighted by Crippen LogP contribution is 2.39. The van der Waals surface area contributed by atoms with Gasteiger partial charge in [-0.05, 0) is 23.8 Å². The first-order valence-electron chi connectivity index (χ1n) is 8.64. The van der Waals surface area contributed by atoms with Gasteiger partial charge in [0.1, 0.15) is 22.9 Å². The van der Waals surface area contributed by atoms with E-state index in [9.17, 15) is 21.8 Å². The lowest BCUT2D eigenvalue weighted by Gasteiger charge is -2.25. The number of benzene rings is 1. The Kier molecular flexibility index (Phi) is 5.45. The van der Waals surface area contributed by atoms with Crippen LogP contribution < -0.4 is 5.73 Å². The Morgan fingerprint density at radius 2 is 2.03 bits per heavy atom. The zero-order valence-electron chi connectivity index (χ0n) is 15.1. The Morgan fingerprint density at radius 1 is 1.27 bits per heavy atom. The SMILES string of the molecule is NC1=NC(c2sc(-c3cccc(-c4nnco4)c3)cc2F)CS(=O)C1CC(F)(F)F. The molecule has 1 aliphatic heterocycles. The largest absolute Gasteiger partial charge is 0.423 e. The summed E-state index contributed by atoms with van der Waals surface area (Å²) in [5.41, 5.74) is 7.00. The average molecular weight is 458 g/mol. The summed E-state index contributed by atoms with van der Waals surface area (Å²) in [5, 5.41) is 6.05. The molecule has 6 nitrogen and oxygen atoms in total. The van der Waals surface area contributed by atoms with E-state index in [4.69, 9.17) is 10.2 Å². The summed E-state index contributed by atoms with van der Waals surface area (Å²) >= 11 is 1.08. The lowest BCUT2D eigenvalue weighted by molar-refractivity contribution is -0.132. The Bertz CT molecular complexity index is 1110. The van der Waals surface area contributed by atoms with Gasteiger partial charge in [-0.3, -0.25) is 9.20 Å². The van der Waals surface area contributed by atoms with Crippen LogP contribution in [0.15, 0.2) is 46.1 Å². The van der Waals surface area contributed by atoms with Crippen LogP contribution in [0.5, 0.6) is 0 Å². The molecule has 0 bridgehead atoms. The van der Waals surface area contributed by atoms with Crippen molar-refractivity contribution < 1.29 is 26.2 Å². The maximum Gasteiger partial charge on any atom is 0.390 e. The minimum atomic E-state index is -4.52. The highest BCUT2D eigenvalue weighted by atomic mass is 32.2. The second-order valence-electron chi connectivity index (χ2n) is 6.57. The lowest BCUT2D eigenvalue weighted by atomic mass is 10.1. The summed E-state index contributed by atoms with van der Waals surface area (Å²) < 4.78 is 70.2. The highest BCUT2D eigenvalue weighted by Gasteiger charge is 2.40. The van der Waals surface area contributed by atoms with Crippen LogP contribution in [0, 0.1) is 5.82 Å². The van der Waals surface area contributed by atoms with Crippen molar-refractivity contribution in [1.29, 1.82) is 0 Å². The third kappa shape index (κ3) is 4.29. The third-order valence-electron chi connectivity index (χ3n) is 4.46. The average Bonchev–Trinajstić information content (AvgIpc) is 3.34. The van der Waals surface area contributed by atoms with Crippen molar-refractivity contribution in [3.8, 4) is 21.9 Å². The number of aromatic nitrogens is 2. The molecule has 2 aromatic heterocycles. The van der Waals surface area contributed by atoms with E-state index < -0.39 is 40.5 Å². The number of rotatable bonds is 4. The maximum atomic E-state index is 14.7. The van der Waals surface area contributed by atoms with Crippen molar-refractivity contribution in [2.75, 3.05) is 5.75 Å². The van der Waals surface area contributed by atoms with Crippen LogP contribution in [0.3, 0.4) is 0 Å². The molecule has 0 spiro atoms. The molecule has 0 radical (unpaired) electrons. The van der Waals surface area contributed by atoms with Crippen LogP contribution >= 0.6 is 11.3 Å². The quantitative estimate of drug-likeness (QED) is 0.595. The van der Waals surface area contributed by atoms with E-state index in [0.29, 0.717) is 21.9 Å². The molecule has 30 heavy (non-hydrogen) atoms. The first-order chi connectivity index (χ1) is 14.2. The predicted octanol–water partition coefficient (Wildman–Crippen LogP) is 4.09. The number of aliphatic imine (C=N–C) groups is 1. The van der Waals surface area contributed by atoms with E-state index in [1.54, 1.807) is 24.3 Å². The second kappa shape index (κ2) is 7.91.